The standard InChI is InChI=1S/C11H8N2/c1-8-4-5-11-9(10(8)7-12)3-2-6-13-11/h2-6H,1H3. The molecule has 0 saturated heterocycles. The maximum atomic E-state index is 8.94. The van der Waals surface area contributed by atoms with Crippen molar-refractivity contribution in [1.29, 1.82) is 5.26 Å². The Hall–Kier alpha value is -1.88. The molecular weight excluding hydrogens is 160 g/mol. The van der Waals surface area contributed by atoms with E-state index in [1.54, 1.807) is 6.20 Å². The van der Waals surface area contributed by atoms with E-state index in [1.807, 2.05) is 31.2 Å². The number of rotatable bonds is 0. The number of nitrogens with zero attached hydrogens (tertiary/aromatic N) is 2. The van der Waals surface area contributed by atoms with E-state index in [0.29, 0.717) is 0 Å². The van der Waals surface area contributed by atoms with Gasteiger partial charge in [-0.05, 0) is 30.7 Å². The summed E-state index contributed by atoms with van der Waals surface area (Å²) >= 11 is 0. The van der Waals surface area contributed by atoms with Crippen molar-refractivity contribution < 1.29 is 0 Å². The summed E-state index contributed by atoms with van der Waals surface area (Å²) in [7, 11) is 0. The molecule has 0 spiro atoms. The van der Waals surface area contributed by atoms with Crippen molar-refractivity contribution in [1.82, 2.24) is 4.98 Å². The molecule has 0 unspecified atom stereocenters. The number of hydrogen-bond donors (Lipinski definition) is 0. The quantitative estimate of drug-likeness (QED) is 0.605. The van der Waals surface area contributed by atoms with E-state index in [-0.39, 0.29) is 0 Å². The maximum Gasteiger partial charge on any atom is 0.100 e. The van der Waals surface area contributed by atoms with Crippen molar-refractivity contribution in [2.24, 2.45) is 0 Å². The van der Waals surface area contributed by atoms with Gasteiger partial charge in [0, 0.05) is 11.6 Å². The first-order valence-corrected chi connectivity index (χ1v) is 4.07. The van der Waals surface area contributed by atoms with E-state index in [9.17, 15) is 0 Å². The van der Waals surface area contributed by atoms with Crippen LogP contribution in [-0.4, -0.2) is 4.98 Å². The first kappa shape index (κ1) is 7.75. The van der Waals surface area contributed by atoms with Crippen LogP contribution in [0, 0.1) is 18.3 Å². The van der Waals surface area contributed by atoms with Crippen LogP contribution >= 0.6 is 0 Å². The molecule has 0 saturated carbocycles. The molecule has 62 valence electrons. The van der Waals surface area contributed by atoms with E-state index >= 15 is 0 Å². The second kappa shape index (κ2) is 2.87. The van der Waals surface area contributed by atoms with Gasteiger partial charge in [-0.3, -0.25) is 4.98 Å². The van der Waals surface area contributed by atoms with Gasteiger partial charge >= 0.3 is 0 Å². The summed E-state index contributed by atoms with van der Waals surface area (Å²) in [4.78, 5) is 4.18. The van der Waals surface area contributed by atoms with Crippen LogP contribution < -0.4 is 0 Å². The molecule has 0 aliphatic carbocycles. The SMILES string of the molecule is Cc1ccc2ncccc2c1C#N. The molecule has 2 nitrogen and oxygen atoms in total. The van der Waals surface area contributed by atoms with Crippen LogP contribution in [0.2, 0.25) is 0 Å². The summed E-state index contributed by atoms with van der Waals surface area (Å²) in [5.74, 6) is 0. The number of aromatic nitrogens is 1. The Balaban J connectivity index is 2.94. The minimum atomic E-state index is 0.727. The summed E-state index contributed by atoms with van der Waals surface area (Å²) in [6.07, 6.45) is 1.73. The molecule has 0 aliphatic rings. The van der Waals surface area contributed by atoms with Crippen molar-refractivity contribution in [3.63, 3.8) is 0 Å². The molecule has 0 fully saturated rings. The zero-order valence-corrected chi connectivity index (χ0v) is 7.28. The second-order valence-electron chi connectivity index (χ2n) is 2.94. The Kier molecular flexibility index (Phi) is 1.71. The normalized spacial score (nSPS) is 9.85. The highest BCUT2D eigenvalue weighted by Gasteiger charge is 2.02. The summed E-state index contributed by atoms with van der Waals surface area (Å²) < 4.78 is 0. The van der Waals surface area contributed by atoms with Crippen molar-refractivity contribution >= 4 is 10.9 Å². The van der Waals surface area contributed by atoms with Gasteiger partial charge in [0.1, 0.15) is 6.07 Å². The Morgan fingerprint density at radius 3 is 2.92 bits per heavy atom. The number of aryl methyl sites for hydroxylation is 1. The van der Waals surface area contributed by atoms with Crippen LogP contribution in [0.3, 0.4) is 0 Å². The predicted molar refractivity (Wildman–Crippen MR) is 51.2 cm³/mol. The third kappa shape index (κ3) is 1.15. The Bertz CT molecular complexity index is 495. The van der Waals surface area contributed by atoms with E-state index in [4.69, 9.17) is 5.26 Å². The fourth-order valence-electron chi connectivity index (χ4n) is 1.41. The number of benzene rings is 1. The zero-order chi connectivity index (χ0) is 9.26. The van der Waals surface area contributed by atoms with Gasteiger partial charge in [0.15, 0.2) is 0 Å². The predicted octanol–water partition coefficient (Wildman–Crippen LogP) is 2.41. The molecule has 0 atom stereocenters. The van der Waals surface area contributed by atoms with Crippen molar-refractivity contribution in [2.45, 2.75) is 6.92 Å². The lowest BCUT2D eigenvalue weighted by molar-refractivity contribution is 1.37. The maximum absolute atomic E-state index is 8.94. The number of nitriles is 1. The molecule has 0 aliphatic heterocycles. The van der Waals surface area contributed by atoms with Crippen LogP contribution in [0.4, 0.5) is 0 Å². The minimum absolute atomic E-state index is 0.727. The Morgan fingerprint density at radius 2 is 2.15 bits per heavy atom. The average Bonchev–Trinajstić information content (AvgIpc) is 2.18. The van der Waals surface area contributed by atoms with Crippen molar-refractivity contribution in [3.05, 3.63) is 41.6 Å². The third-order valence-electron chi connectivity index (χ3n) is 2.11. The molecule has 1 heterocycles. The Labute approximate surface area is 76.5 Å². The van der Waals surface area contributed by atoms with Gasteiger partial charge in [-0.2, -0.15) is 5.26 Å². The molecule has 0 radical (unpaired) electrons. The summed E-state index contributed by atoms with van der Waals surface area (Å²) in [5.41, 5.74) is 2.61. The zero-order valence-electron chi connectivity index (χ0n) is 7.28. The lowest BCUT2D eigenvalue weighted by Crippen LogP contribution is -1.86. The van der Waals surface area contributed by atoms with E-state index < -0.39 is 0 Å². The van der Waals surface area contributed by atoms with Crippen LogP contribution in [0.15, 0.2) is 30.5 Å². The monoisotopic (exact) mass is 168 g/mol. The Morgan fingerprint density at radius 1 is 1.31 bits per heavy atom. The van der Waals surface area contributed by atoms with Crippen molar-refractivity contribution in [3.8, 4) is 6.07 Å². The van der Waals surface area contributed by atoms with Crippen molar-refractivity contribution in [2.75, 3.05) is 0 Å². The molecule has 2 aromatic rings. The van der Waals surface area contributed by atoms with Crippen LogP contribution in [0.25, 0.3) is 10.9 Å². The highest BCUT2D eigenvalue weighted by Crippen LogP contribution is 2.18. The molecular formula is C11H8N2. The van der Waals surface area contributed by atoms with Gasteiger partial charge in [-0.1, -0.05) is 6.07 Å². The third-order valence-corrected chi connectivity index (χ3v) is 2.11. The number of hydrogen-bond acceptors (Lipinski definition) is 2. The van der Waals surface area contributed by atoms with Gasteiger partial charge < -0.3 is 0 Å². The highest BCUT2D eigenvalue weighted by molar-refractivity contribution is 5.85. The topological polar surface area (TPSA) is 36.7 Å². The second-order valence-corrected chi connectivity index (χ2v) is 2.94. The minimum Gasteiger partial charge on any atom is -0.256 e. The molecule has 13 heavy (non-hydrogen) atoms. The molecule has 2 heteroatoms. The van der Waals surface area contributed by atoms with Gasteiger partial charge in [0.25, 0.3) is 0 Å². The molecule has 1 aromatic carbocycles. The number of pyridine rings is 1. The van der Waals surface area contributed by atoms with E-state index in [0.717, 1.165) is 22.0 Å². The highest BCUT2D eigenvalue weighted by atomic mass is 14.6. The van der Waals surface area contributed by atoms with Crippen LogP contribution in [0.5, 0.6) is 0 Å². The molecule has 0 N–H and O–H groups in total. The average molecular weight is 168 g/mol. The molecule has 1 aromatic heterocycles. The summed E-state index contributed by atoms with van der Waals surface area (Å²) in [5, 5.41) is 9.87. The van der Waals surface area contributed by atoms with Gasteiger partial charge in [0.2, 0.25) is 0 Å². The smallest absolute Gasteiger partial charge is 0.100 e. The summed E-state index contributed by atoms with van der Waals surface area (Å²) in [6, 6.07) is 9.83. The number of fused-ring (bicyclic) bond motifs is 1. The lowest BCUT2D eigenvalue weighted by atomic mass is 10.0. The fraction of sp³-hybridized carbons (Fsp3) is 0.0909. The first-order chi connectivity index (χ1) is 6.33. The first-order valence-electron chi connectivity index (χ1n) is 4.07. The van der Waals surface area contributed by atoms with E-state index in [1.165, 1.54) is 0 Å². The molecule has 0 bridgehead atoms. The largest absolute Gasteiger partial charge is 0.256 e. The fourth-order valence-corrected chi connectivity index (χ4v) is 1.41. The molecule has 2 rings (SSSR count). The summed E-state index contributed by atoms with van der Waals surface area (Å²) in [6.45, 7) is 1.94. The van der Waals surface area contributed by atoms with Gasteiger partial charge in [-0.15, -0.1) is 0 Å². The molecule has 0 amide bonds. The lowest BCUT2D eigenvalue weighted by Gasteiger charge is -2.01. The van der Waals surface area contributed by atoms with Crippen LogP contribution in [-0.2, 0) is 0 Å². The van der Waals surface area contributed by atoms with E-state index in [2.05, 4.69) is 11.1 Å². The van der Waals surface area contributed by atoms with Gasteiger partial charge in [-0.25, -0.2) is 0 Å². The van der Waals surface area contributed by atoms with Gasteiger partial charge in [0.05, 0.1) is 11.1 Å². The van der Waals surface area contributed by atoms with Crippen LogP contribution in [0.1, 0.15) is 11.1 Å².